The molecule has 0 amide bonds. The summed E-state index contributed by atoms with van der Waals surface area (Å²) in [4.78, 5) is 11.7. The Balaban J connectivity index is 1.73. The maximum absolute atomic E-state index is 12.2. The molecular weight excluding hydrogens is 469 g/mol. The van der Waals surface area contributed by atoms with Crippen LogP contribution in [-0.4, -0.2) is 17.0 Å². The molecule has 4 fully saturated rings. The number of fused-ring (bicyclic) bond motifs is 4. The lowest BCUT2D eigenvalue weighted by Crippen LogP contribution is -2.51. The van der Waals surface area contributed by atoms with Crippen LogP contribution in [0.15, 0.2) is 21.0 Å². The summed E-state index contributed by atoms with van der Waals surface area (Å²) in [5.41, 5.74) is 0.180. The van der Waals surface area contributed by atoms with Gasteiger partial charge in [0, 0.05) is 12.1 Å². The average molecular weight is 505 g/mol. The summed E-state index contributed by atoms with van der Waals surface area (Å²) in [6, 6.07) is 0.235. The first-order valence-electron chi connectivity index (χ1n) is 11.8. The van der Waals surface area contributed by atoms with Crippen molar-refractivity contribution in [2.24, 2.45) is 33.5 Å². The Hall–Kier alpha value is -0.650. The average Bonchev–Trinajstić information content (AvgIpc) is 3.19. The molecule has 0 heterocycles. The van der Waals surface area contributed by atoms with Crippen LogP contribution in [0.5, 0.6) is 0 Å². The van der Waals surface area contributed by atoms with E-state index >= 15 is 0 Å². The van der Waals surface area contributed by atoms with Gasteiger partial charge in [-0.3, -0.25) is 10.1 Å². The standard InChI is InChI=1S/C24H36Cl3N3O2/c1-21(2)13-7-9-23(21,5)15(11-13)28-20(18(30(31)32)17(25)19(26)27)29-16-12-14-8-10-24(16,6)22(14,3)4/h13-16,28-29H,7-12H2,1-6H3/t13-,14+,15-,16-,23-,24+/m1/s1. The Labute approximate surface area is 206 Å². The van der Waals surface area contributed by atoms with Gasteiger partial charge in [-0.2, -0.15) is 0 Å². The topological polar surface area (TPSA) is 67.2 Å². The third-order valence-electron chi connectivity index (χ3n) is 11.0. The van der Waals surface area contributed by atoms with Crippen LogP contribution in [0.2, 0.25) is 0 Å². The van der Waals surface area contributed by atoms with Crippen molar-refractivity contribution in [1.82, 2.24) is 10.6 Å². The Morgan fingerprint density at radius 2 is 1.25 bits per heavy atom. The lowest BCUT2D eigenvalue weighted by molar-refractivity contribution is -0.421. The van der Waals surface area contributed by atoms with Crippen molar-refractivity contribution in [2.75, 3.05) is 0 Å². The molecule has 0 saturated heterocycles. The fourth-order valence-corrected chi connectivity index (χ4v) is 8.08. The van der Waals surface area contributed by atoms with E-state index in [1.165, 1.54) is 12.8 Å². The first-order valence-corrected chi connectivity index (χ1v) is 12.9. The van der Waals surface area contributed by atoms with E-state index < -0.39 is 4.92 Å². The summed E-state index contributed by atoms with van der Waals surface area (Å²) in [5, 5.41) is 19.1. The van der Waals surface area contributed by atoms with Gasteiger partial charge in [0.1, 0.15) is 4.49 Å². The molecule has 0 aromatic carbocycles. The zero-order valence-corrected chi connectivity index (χ0v) is 22.2. The SMILES string of the molecule is CC1(C)[C@H]2CC[C@@]1(C)[C@H](NC(N[C@@H]1C[C@H]3CC[C@@]1(C)C3(C)C)=C(C(Cl)=C(Cl)Cl)[N+](=O)[O-])C2. The number of hydrogen-bond acceptors (Lipinski definition) is 4. The molecule has 4 saturated carbocycles. The summed E-state index contributed by atoms with van der Waals surface area (Å²) in [6.45, 7) is 14.0. The van der Waals surface area contributed by atoms with E-state index in [0.717, 1.165) is 25.7 Å². The fraction of sp³-hybridized carbons (Fsp3) is 0.833. The predicted molar refractivity (Wildman–Crippen MR) is 131 cm³/mol. The zero-order chi connectivity index (χ0) is 23.9. The van der Waals surface area contributed by atoms with Crippen molar-refractivity contribution >= 4 is 34.8 Å². The lowest BCUT2D eigenvalue weighted by Gasteiger charge is -2.42. The zero-order valence-electron chi connectivity index (χ0n) is 19.9. The molecule has 4 aliphatic carbocycles. The minimum absolute atomic E-state index is 0.0467. The van der Waals surface area contributed by atoms with E-state index in [-0.39, 0.29) is 49.0 Å². The molecule has 0 aromatic heterocycles. The molecule has 8 heteroatoms. The van der Waals surface area contributed by atoms with Gasteiger partial charge in [0.15, 0.2) is 10.9 Å². The van der Waals surface area contributed by atoms with Gasteiger partial charge < -0.3 is 10.6 Å². The summed E-state index contributed by atoms with van der Waals surface area (Å²) in [5.74, 6) is 1.57. The van der Waals surface area contributed by atoms with Crippen LogP contribution in [0.4, 0.5) is 0 Å². The van der Waals surface area contributed by atoms with Crippen molar-refractivity contribution in [1.29, 1.82) is 0 Å². The van der Waals surface area contributed by atoms with Crippen molar-refractivity contribution in [3.63, 3.8) is 0 Å². The molecule has 0 radical (unpaired) electrons. The van der Waals surface area contributed by atoms with Crippen LogP contribution in [0.25, 0.3) is 0 Å². The maximum atomic E-state index is 12.2. The second kappa shape index (κ2) is 7.68. The van der Waals surface area contributed by atoms with Crippen LogP contribution < -0.4 is 10.6 Å². The molecule has 2 N–H and O–H groups in total. The van der Waals surface area contributed by atoms with Crippen LogP contribution in [0.1, 0.15) is 80.1 Å². The van der Waals surface area contributed by atoms with Crippen molar-refractivity contribution < 1.29 is 4.92 Å². The van der Waals surface area contributed by atoms with Crippen LogP contribution in [0.3, 0.4) is 0 Å². The first-order chi connectivity index (χ1) is 14.7. The summed E-state index contributed by atoms with van der Waals surface area (Å²) in [7, 11) is 0. The number of nitrogens with one attached hydrogen (secondary N) is 2. The number of rotatable bonds is 6. The van der Waals surface area contributed by atoms with Gasteiger partial charge >= 0.3 is 5.70 Å². The van der Waals surface area contributed by atoms with Gasteiger partial charge in [0.2, 0.25) is 0 Å². The molecule has 4 aliphatic rings. The minimum atomic E-state index is -0.468. The fourth-order valence-electron chi connectivity index (χ4n) is 7.74. The predicted octanol–water partition coefficient (Wildman–Crippen LogP) is 6.93. The highest BCUT2D eigenvalue weighted by atomic mass is 35.5. The van der Waals surface area contributed by atoms with Gasteiger partial charge in [0.05, 0.1) is 4.92 Å². The second-order valence-corrected chi connectivity index (χ2v) is 13.5. The number of nitro groups is 1. The molecule has 4 bridgehead atoms. The monoisotopic (exact) mass is 503 g/mol. The van der Waals surface area contributed by atoms with Crippen molar-refractivity contribution in [3.05, 3.63) is 31.2 Å². The third kappa shape index (κ3) is 3.24. The number of nitrogens with zero attached hydrogens (tertiary/aromatic N) is 1. The largest absolute Gasteiger partial charge is 0.363 e. The molecule has 0 aliphatic heterocycles. The Kier molecular flexibility index (Phi) is 5.87. The van der Waals surface area contributed by atoms with E-state index in [4.69, 9.17) is 34.8 Å². The quantitative estimate of drug-likeness (QED) is 0.234. The molecule has 6 atom stereocenters. The highest BCUT2D eigenvalue weighted by Gasteiger charge is 2.63. The van der Waals surface area contributed by atoms with E-state index in [1.54, 1.807) is 0 Å². The van der Waals surface area contributed by atoms with E-state index in [9.17, 15) is 10.1 Å². The molecule has 180 valence electrons. The van der Waals surface area contributed by atoms with Gasteiger partial charge in [-0.15, -0.1) is 0 Å². The molecule has 4 rings (SSSR count). The molecule has 0 unspecified atom stereocenters. The van der Waals surface area contributed by atoms with E-state index in [0.29, 0.717) is 17.7 Å². The highest BCUT2D eigenvalue weighted by Crippen LogP contribution is 2.67. The summed E-state index contributed by atoms with van der Waals surface area (Å²) < 4.78 is -0.293. The molecule has 5 nitrogen and oxygen atoms in total. The number of halogens is 3. The van der Waals surface area contributed by atoms with Gasteiger partial charge in [-0.1, -0.05) is 76.3 Å². The number of allylic oxidation sites excluding steroid dienone is 1. The van der Waals surface area contributed by atoms with Gasteiger partial charge in [-0.25, -0.2) is 0 Å². The van der Waals surface area contributed by atoms with E-state index in [1.807, 2.05) is 0 Å². The smallest absolute Gasteiger partial charge is 0.329 e. The minimum Gasteiger partial charge on any atom is -0.363 e. The van der Waals surface area contributed by atoms with Crippen molar-refractivity contribution in [3.8, 4) is 0 Å². The van der Waals surface area contributed by atoms with Crippen LogP contribution >= 0.6 is 34.8 Å². The Bertz CT molecular complexity index is 847. The first kappa shape index (κ1) is 24.5. The Morgan fingerprint density at radius 1 is 0.844 bits per heavy atom. The van der Waals surface area contributed by atoms with Crippen LogP contribution in [0, 0.1) is 43.6 Å². The second-order valence-electron chi connectivity index (χ2n) is 12.2. The highest BCUT2D eigenvalue weighted by molar-refractivity contribution is 6.59. The normalized spacial score (nSPS) is 41.4. The molecule has 0 spiro atoms. The Morgan fingerprint density at radius 3 is 1.50 bits per heavy atom. The maximum Gasteiger partial charge on any atom is 0.329 e. The lowest BCUT2D eigenvalue weighted by atomic mass is 9.69. The van der Waals surface area contributed by atoms with E-state index in [2.05, 4.69) is 52.2 Å². The van der Waals surface area contributed by atoms with Crippen molar-refractivity contribution in [2.45, 2.75) is 92.2 Å². The number of hydrogen-bond donors (Lipinski definition) is 2. The van der Waals surface area contributed by atoms with Gasteiger partial charge in [-0.05, 0) is 72.0 Å². The van der Waals surface area contributed by atoms with Gasteiger partial charge in [0.25, 0.3) is 0 Å². The summed E-state index contributed by atoms with van der Waals surface area (Å²) >= 11 is 18.2. The summed E-state index contributed by atoms with van der Waals surface area (Å²) in [6.07, 6.45) is 6.62. The van der Waals surface area contributed by atoms with Crippen LogP contribution in [-0.2, 0) is 0 Å². The molecule has 0 aromatic rings. The molecular formula is C24H36Cl3N3O2. The molecule has 32 heavy (non-hydrogen) atoms. The third-order valence-corrected chi connectivity index (χ3v) is 12.0.